The number of nitrogens with zero attached hydrogens (tertiary/aromatic N) is 10. The molecule has 6 aromatic rings. The summed E-state index contributed by atoms with van der Waals surface area (Å²) in [6, 6.07) is 12.5. The van der Waals surface area contributed by atoms with E-state index in [2.05, 4.69) is 46.1 Å². The molecular formula is C22H13BrN10O4. The van der Waals surface area contributed by atoms with Crippen molar-refractivity contribution in [2.24, 2.45) is 0 Å². The molecule has 4 heterocycles. The van der Waals surface area contributed by atoms with E-state index in [0.717, 1.165) is 0 Å². The van der Waals surface area contributed by atoms with E-state index < -0.39 is 9.85 Å². The molecule has 0 aliphatic heterocycles. The van der Waals surface area contributed by atoms with Crippen molar-refractivity contribution in [3.63, 3.8) is 0 Å². The highest BCUT2D eigenvalue weighted by molar-refractivity contribution is 9.10. The third-order valence-electron chi connectivity index (χ3n) is 5.03. The molecule has 0 bridgehead atoms. The first-order valence-corrected chi connectivity index (χ1v) is 11.2. The Bertz CT molecular complexity index is 1780. The van der Waals surface area contributed by atoms with Gasteiger partial charge in [0.25, 0.3) is 22.9 Å². The Morgan fingerprint density at radius 3 is 1.97 bits per heavy atom. The number of rotatable bonds is 4. The Hall–Kier alpha value is -5.18. The van der Waals surface area contributed by atoms with Gasteiger partial charge in [-0.15, -0.1) is 0 Å². The van der Waals surface area contributed by atoms with Gasteiger partial charge in [-0.3, -0.25) is 20.2 Å². The second kappa shape index (κ2) is 9.82. The van der Waals surface area contributed by atoms with Crippen molar-refractivity contribution in [1.82, 2.24) is 39.2 Å². The SMILES string of the molecule is O=[N+]([O-])c1cccc(-c2cnn3c(Br)cnc3n2)c1.O=[N+]([O-])c1cccc(-c2cnn3ccnc3n2)c1. The van der Waals surface area contributed by atoms with Gasteiger partial charge < -0.3 is 0 Å². The maximum absolute atomic E-state index is 10.7. The summed E-state index contributed by atoms with van der Waals surface area (Å²) in [4.78, 5) is 37.2. The molecule has 6 rings (SSSR count). The Morgan fingerprint density at radius 2 is 1.35 bits per heavy atom. The Morgan fingerprint density at radius 1 is 0.757 bits per heavy atom. The molecule has 0 aliphatic carbocycles. The number of aromatic nitrogens is 8. The lowest BCUT2D eigenvalue weighted by Gasteiger charge is -2.01. The normalized spacial score (nSPS) is 10.7. The van der Waals surface area contributed by atoms with E-state index in [1.54, 1.807) is 55.2 Å². The Balaban J connectivity index is 0.000000152. The van der Waals surface area contributed by atoms with E-state index in [1.807, 2.05) is 0 Å². The van der Waals surface area contributed by atoms with E-state index in [9.17, 15) is 20.2 Å². The maximum atomic E-state index is 10.7. The quantitative estimate of drug-likeness (QED) is 0.225. The molecule has 0 fully saturated rings. The van der Waals surface area contributed by atoms with Crippen LogP contribution in [-0.2, 0) is 0 Å². The van der Waals surface area contributed by atoms with Crippen LogP contribution in [0.4, 0.5) is 11.4 Å². The summed E-state index contributed by atoms with van der Waals surface area (Å²) in [7, 11) is 0. The molecular weight excluding hydrogens is 548 g/mol. The minimum atomic E-state index is -0.443. The number of benzene rings is 2. The summed E-state index contributed by atoms with van der Waals surface area (Å²) in [6.07, 6.45) is 7.95. The number of nitro groups is 2. The smallest absolute Gasteiger partial charge is 0.258 e. The third-order valence-corrected chi connectivity index (χ3v) is 5.57. The van der Waals surface area contributed by atoms with E-state index in [0.29, 0.717) is 38.7 Å². The van der Waals surface area contributed by atoms with Gasteiger partial charge in [0.05, 0.1) is 46.0 Å². The van der Waals surface area contributed by atoms with E-state index in [1.165, 1.54) is 33.3 Å². The molecule has 0 saturated heterocycles. The number of non-ortho nitro benzene ring substituents is 2. The van der Waals surface area contributed by atoms with Crippen LogP contribution >= 0.6 is 15.9 Å². The summed E-state index contributed by atoms with van der Waals surface area (Å²) in [6.45, 7) is 0. The fourth-order valence-electron chi connectivity index (χ4n) is 3.30. The fraction of sp³-hybridized carbons (Fsp3) is 0. The first-order valence-electron chi connectivity index (χ1n) is 10.4. The molecule has 14 nitrogen and oxygen atoms in total. The molecule has 0 amide bonds. The zero-order chi connectivity index (χ0) is 25.9. The average molecular weight is 561 g/mol. The zero-order valence-corrected chi connectivity index (χ0v) is 20.1. The van der Waals surface area contributed by atoms with Gasteiger partial charge >= 0.3 is 0 Å². The lowest BCUT2D eigenvalue weighted by atomic mass is 10.1. The lowest BCUT2D eigenvalue weighted by molar-refractivity contribution is -0.385. The first-order chi connectivity index (χ1) is 17.9. The van der Waals surface area contributed by atoms with Crippen LogP contribution in [-0.4, -0.2) is 49.0 Å². The predicted octanol–water partition coefficient (Wildman–Crippen LogP) is 4.16. The molecule has 4 aromatic heterocycles. The van der Waals surface area contributed by atoms with Crippen molar-refractivity contribution in [2.75, 3.05) is 0 Å². The summed E-state index contributed by atoms with van der Waals surface area (Å²) < 4.78 is 3.75. The average Bonchev–Trinajstić information content (AvgIpc) is 3.55. The van der Waals surface area contributed by atoms with Gasteiger partial charge in [-0.1, -0.05) is 24.3 Å². The summed E-state index contributed by atoms with van der Waals surface area (Å²) >= 11 is 3.29. The Kier molecular flexibility index (Phi) is 6.25. The van der Waals surface area contributed by atoms with Crippen LogP contribution < -0.4 is 0 Å². The predicted molar refractivity (Wildman–Crippen MR) is 133 cm³/mol. The highest BCUT2D eigenvalue weighted by atomic mass is 79.9. The molecule has 0 unspecified atom stereocenters. The van der Waals surface area contributed by atoms with Crippen molar-refractivity contribution >= 4 is 38.9 Å². The topological polar surface area (TPSA) is 172 Å². The number of hydrogen-bond donors (Lipinski definition) is 0. The van der Waals surface area contributed by atoms with Crippen LogP contribution in [0.25, 0.3) is 34.1 Å². The number of halogens is 1. The summed E-state index contributed by atoms with van der Waals surface area (Å²) in [5.41, 5.74) is 2.40. The molecule has 0 saturated carbocycles. The Labute approximate surface area is 214 Å². The third kappa shape index (κ3) is 4.96. The molecule has 0 aliphatic rings. The summed E-state index contributed by atoms with van der Waals surface area (Å²) in [5.74, 6) is 0.884. The minimum absolute atomic E-state index is 0.0173. The lowest BCUT2D eigenvalue weighted by Crippen LogP contribution is -1.97. The summed E-state index contributed by atoms with van der Waals surface area (Å²) in [5, 5.41) is 29.7. The van der Waals surface area contributed by atoms with Gasteiger partial charge in [-0.25, -0.2) is 24.5 Å². The number of imidazole rings is 2. The maximum Gasteiger partial charge on any atom is 0.270 e. The molecule has 182 valence electrons. The van der Waals surface area contributed by atoms with Gasteiger partial charge in [0, 0.05) is 41.6 Å². The van der Waals surface area contributed by atoms with Crippen LogP contribution in [0.3, 0.4) is 0 Å². The second-order valence-electron chi connectivity index (χ2n) is 7.36. The zero-order valence-electron chi connectivity index (χ0n) is 18.5. The number of hydrogen-bond acceptors (Lipinski definition) is 10. The van der Waals surface area contributed by atoms with Crippen molar-refractivity contribution < 1.29 is 9.85 Å². The number of nitro benzene ring substituents is 2. The minimum Gasteiger partial charge on any atom is -0.258 e. The monoisotopic (exact) mass is 560 g/mol. The first kappa shape index (κ1) is 23.6. The van der Waals surface area contributed by atoms with Crippen molar-refractivity contribution in [2.45, 2.75) is 0 Å². The molecule has 2 aromatic carbocycles. The molecule has 15 heteroatoms. The van der Waals surface area contributed by atoms with E-state index >= 15 is 0 Å². The highest BCUT2D eigenvalue weighted by Gasteiger charge is 2.11. The van der Waals surface area contributed by atoms with Gasteiger partial charge in [0.15, 0.2) is 0 Å². The van der Waals surface area contributed by atoms with Crippen molar-refractivity contribution in [3.05, 3.63) is 104 Å². The van der Waals surface area contributed by atoms with Crippen LogP contribution in [0.15, 0.2) is 84.1 Å². The molecule has 0 spiro atoms. The van der Waals surface area contributed by atoms with Crippen molar-refractivity contribution in [1.29, 1.82) is 0 Å². The highest BCUT2D eigenvalue weighted by Crippen LogP contribution is 2.23. The van der Waals surface area contributed by atoms with Gasteiger partial charge in [0.2, 0.25) is 0 Å². The van der Waals surface area contributed by atoms with Crippen LogP contribution in [0, 0.1) is 20.2 Å². The van der Waals surface area contributed by atoms with E-state index in [-0.39, 0.29) is 11.4 Å². The number of fused-ring (bicyclic) bond motifs is 2. The second-order valence-corrected chi connectivity index (χ2v) is 8.18. The van der Waals surface area contributed by atoms with Crippen LogP contribution in [0.5, 0.6) is 0 Å². The van der Waals surface area contributed by atoms with Gasteiger partial charge in [-0.2, -0.15) is 14.7 Å². The van der Waals surface area contributed by atoms with Gasteiger partial charge in [0.1, 0.15) is 4.60 Å². The molecule has 0 N–H and O–H groups in total. The fourth-order valence-corrected chi connectivity index (χ4v) is 3.65. The van der Waals surface area contributed by atoms with Gasteiger partial charge in [-0.05, 0) is 15.9 Å². The van der Waals surface area contributed by atoms with E-state index in [4.69, 9.17) is 0 Å². The van der Waals surface area contributed by atoms with Crippen molar-refractivity contribution in [3.8, 4) is 22.5 Å². The molecule has 0 radical (unpaired) electrons. The molecule has 0 atom stereocenters. The largest absolute Gasteiger partial charge is 0.270 e. The van der Waals surface area contributed by atoms with Crippen LogP contribution in [0.2, 0.25) is 0 Å². The standard InChI is InChI=1S/C11H6BrN5O2.C11H7N5O2/c12-10-6-13-11-15-9(5-14-16(10)11)7-2-1-3-8(4-7)17(18)19;17-16(18)9-3-1-2-8(6-9)10-7-13-15-5-4-12-11(15)14-10/h1-6H;1-7H. The van der Waals surface area contributed by atoms with Crippen LogP contribution in [0.1, 0.15) is 0 Å². The molecule has 37 heavy (non-hydrogen) atoms.